The Kier molecular flexibility index (Phi) is 3.79. The highest BCUT2D eigenvalue weighted by Gasteiger charge is 2.20. The normalized spacial score (nSPS) is 14.7. The summed E-state index contributed by atoms with van der Waals surface area (Å²) in [5.74, 6) is 0.0931. The van der Waals surface area contributed by atoms with Crippen molar-refractivity contribution in [3.8, 4) is 0 Å². The van der Waals surface area contributed by atoms with Crippen LogP contribution >= 0.6 is 0 Å². The molecule has 3 heteroatoms. The number of hydrogen-bond acceptors (Lipinski definition) is 2. The van der Waals surface area contributed by atoms with Gasteiger partial charge in [-0.15, -0.1) is 0 Å². The quantitative estimate of drug-likeness (QED) is 0.818. The molecular weight excluding hydrogens is 212 g/mol. The fraction of sp³-hybridized carbons (Fsp3) is 0.500. The summed E-state index contributed by atoms with van der Waals surface area (Å²) in [6.45, 7) is 4.82. The summed E-state index contributed by atoms with van der Waals surface area (Å²) in [6, 6.07) is 6.72. The van der Waals surface area contributed by atoms with Gasteiger partial charge >= 0.3 is 0 Å². The number of para-hydroxylation sites is 1. The lowest BCUT2D eigenvalue weighted by atomic mass is 10.1. The van der Waals surface area contributed by atoms with Gasteiger partial charge in [0.1, 0.15) is 0 Å². The van der Waals surface area contributed by atoms with Crippen LogP contribution in [0.5, 0.6) is 0 Å². The summed E-state index contributed by atoms with van der Waals surface area (Å²) in [5, 5.41) is 6.34. The molecule has 0 bridgehead atoms. The minimum absolute atomic E-state index is 0.0931. The molecule has 3 nitrogen and oxygen atoms in total. The lowest BCUT2D eigenvalue weighted by Crippen LogP contribution is -2.23. The van der Waals surface area contributed by atoms with Crippen molar-refractivity contribution in [2.24, 2.45) is 0 Å². The molecule has 2 N–H and O–H groups in total. The zero-order valence-electron chi connectivity index (χ0n) is 10.5. The minimum Gasteiger partial charge on any atom is -0.326 e. The third kappa shape index (κ3) is 3.56. The molecule has 0 aromatic heterocycles. The van der Waals surface area contributed by atoms with E-state index in [2.05, 4.69) is 10.6 Å². The first kappa shape index (κ1) is 12.1. The lowest BCUT2D eigenvalue weighted by molar-refractivity contribution is -0.116. The number of amides is 1. The first-order valence-electron chi connectivity index (χ1n) is 6.26. The van der Waals surface area contributed by atoms with Gasteiger partial charge in [0.2, 0.25) is 5.91 Å². The van der Waals surface area contributed by atoms with E-state index in [-0.39, 0.29) is 5.91 Å². The zero-order valence-corrected chi connectivity index (χ0v) is 10.5. The van der Waals surface area contributed by atoms with Crippen molar-refractivity contribution >= 4 is 11.6 Å². The van der Waals surface area contributed by atoms with Crippen molar-refractivity contribution in [3.05, 3.63) is 29.3 Å². The highest BCUT2D eigenvalue weighted by Crippen LogP contribution is 2.20. The van der Waals surface area contributed by atoms with Crippen LogP contribution in [0.4, 0.5) is 5.69 Å². The third-order valence-corrected chi connectivity index (χ3v) is 3.11. The Morgan fingerprint density at radius 1 is 1.29 bits per heavy atom. The van der Waals surface area contributed by atoms with E-state index in [0.29, 0.717) is 12.5 Å². The Morgan fingerprint density at radius 2 is 1.94 bits per heavy atom. The summed E-state index contributed by atoms with van der Waals surface area (Å²) in [5.41, 5.74) is 3.20. The van der Waals surface area contributed by atoms with E-state index in [4.69, 9.17) is 0 Å². The maximum atomic E-state index is 11.8. The highest BCUT2D eigenvalue weighted by molar-refractivity contribution is 5.92. The van der Waals surface area contributed by atoms with Crippen molar-refractivity contribution in [1.29, 1.82) is 0 Å². The molecule has 2 rings (SSSR count). The van der Waals surface area contributed by atoms with E-state index >= 15 is 0 Å². The number of rotatable bonds is 5. The second kappa shape index (κ2) is 5.32. The Hall–Kier alpha value is -1.35. The second-order valence-corrected chi connectivity index (χ2v) is 4.79. The van der Waals surface area contributed by atoms with Gasteiger partial charge in [0.05, 0.1) is 0 Å². The molecule has 0 radical (unpaired) electrons. The van der Waals surface area contributed by atoms with Crippen LogP contribution in [-0.4, -0.2) is 18.5 Å². The molecule has 0 atom stereocenters. The third-order valence-electron chi connectivity index (χ3n) is 3.11. The average molecular weight is 232 g/mol. The molecule has 0 spiro atoms. The first-order valence-corrected chi connectivity index (χ1v) is 6.26. The van der Waals surface area contributed by atoms with Crippen molar-refractivity contribution in [2.45, 2.75) is 39.2 Å². The van der Waals surface area contributed by atoms with Crippen LogP contribution in [0.3, 0.4) is 0 Å². The monoisotopic (exact) mass is 232 g/mol. The number of aryl methyl sites for hydroxylation is 2. The van der Waals surface area contributed by atoms with E-state index in [0.717, 1.165) is 23.4 Å². The molecule has 0 aliphatic heterocycles. The fourth-order valence-corrected chi connectivity index (χ4v) is 1.89. The number of anilines is 1. The molecule has 0 heterocycles. The predicted molar refractivity (Wildman–Crippen MR) is 70.2 cm³/mol. The molecule has 1 aromatic rings. The van der Waals surface area contributed by atoms with E-state index in [1.807, 2.05) is 32.0 Å². The molecule has 92 valence electrons. The van der Waals surface area contributed by atoms with Gasteiger partial charge in [0, 0.05) is 24.7 Å². The smallest absolute Gasteiger partial charge is 0.225 e. The van der Waals surface area contributed by atoms with Crippen molar-refractivity contribution < 1.29 is 4.79 Å². The van der Waals surface area contributed by atoms with Crippen molar-refractivity contribution in [3.63, 3.8) is 0 Å². The largest absolute Gasteiger partial charge is 0.326 e. The minimum atomic E-state index is 0.0931. The van der Waals surface area contributed by atoms with Gasteiger partial charge < -0.3 is 10.6 Å². The number of carbonyl (C=O) groups is 1. The van der Waals surface area contributed by atoms with Crippen LogP contribution in [0.25, 0.3) is 0 Å². The number of benzene rings is 1. The summed E-state index contributed by atoms with van der Waals surface area (Å²) in [4.78, 5) is 11.8. The van der Waals surface area contributed by atoms with E-state index in [1.165, 1.54) is 12.8 Å². The van der Waals surface area contributed by atoms with Gasteiger partial charge in [-0.25, -0.2) is 0 Å². The van der Waals surface area contributed by atoms with E-state index < -0.39 is 0 Å². The lowest BCUT2D eigenvalue weighted by Gasteiger charge is -2.11. The van der Waals surface area contributed by atoms with Crippen molar-refractivity contribution in [2.75, 3.05) is 11.9 Å². The first-order chi connectivity index (χ1) is 8.16. The molecule has 1 fully saturated rings. The molecule has 1 saturated carbocycles. The molecule has 0 saturated heterocycles. The summed E-state index contributed by atoms with van der Waals surface area (Å²) >= 11 is 0. The van der Waals surface area contributed by atoms with Crippen LogP contribution in [-0.2, 0) is 4.79 Å². The van der Waals surface area contributed by atoms with Gasteiger partial charge in [-0.3, -0.25) is 4.79 Å². The van der Waals surface area contributed by atoms with Crippen LogP contribution < -0.4 is 10.6 Å². The Morgan fingerprint density at radius 3 is 2.53 bits per heavy atom. The van der Waals surface area contributed by atoms with Gasteiger partial charge in [0.25, 0.3) is 0 Å². The standard InChI is InChI=1S/C14H20N2O/c1-10-4-3-5-11(2)14(10)16-13(17)8-9-15-12-6-7-12/h3-5,12,15H,6-9H2,1-2H3,(H,16,17). The summed E-state index contributed by atoms with van der Waals surface area (Å²) in [7, 11) is 0. The molecule has 0 unspecified atom stereocenters. The number of nitrogens with one attached hydrogen (secondary N) is 2. The number of hydrogen-bond donors (Lipinski definition) is 2. The topological polar surface area (TPSA) is 41.1 Å². The van der Waals surface area contributed by atoms with E-state index in [1.54, 1.807) is 0 Å². The maximum Gasteiger partial charge on any atom is 0.225 e. The Bertz CT molecular complexity index is 390. The van der Waals surface area contributed by atoms with Crippen LogP contribution in [0.1, 0.15) is 30.4 Å². The Balaban J connectivity index is 1.84. The number of carbonyl (C=O) groups excluding carboxylic acids is 1. The Labute approximate surface area is 103 Å². The van der Waals surface area contributed by atoms with Crippen molar-refractivity contribution in [1.82, 2.24) is 5.32 Å². The summed E-state index contributed by atoms with van der Waals surface area (Å²) < 4.78 is 0. The van der Waals surface area contributed by atoms with Gasteiger partial charge in [0.15, 0.2) is 0 Å². The SMILES string of the molecule is Cc1cccc(C)c1NC(=O)CCNC1CC1. The molecule has 17 heavy (non-hydrogen) atoms. The fourth-order valence-electron chi connectivity index (χ4n) is 1.89. The molecule has 1 aliphatic rings. The molecule has 1 aromatic carbocycles. The van der Waals surface area contributed by atoms with Crippen LogP contribution in [0.2, 0.25) is 0 Å². The zero-order chi connectivity index (χ0) is 12.3. The average Bonchev–Trinajstić information content (AvgIpc) is 3.08. The van der Waals surface area contributed by atoms with Gasteiger partial charge in [-0.1, -0.05) is 18.2 Å². The van der Waals surface area contributed by atoms with Crippen LogP contribution in [0, 0.1) is 13.8 Å². The molecule has 1 amide bonds. The van der Waals surface area contributed by atoms with Crippen LogP contribution in [0.15, 0.2) is 18.2 Å². The maximum absolute atomic E-state index is 11.8. The van der Waals surface area contributed by atoms with Gasteiger partial charge in [-0.2, -0.15) is 0 Å². The predicted octanol–water partition coefficient (Wildman–Crippen LogP) is 2.38. The molecule has 1 aliphatic carbocycles. The second-order valence-electron chi connectivity index (χ2n) is 4.79. The highest BCUT2D eigenvalue weighted by atomic mass is 16.1. The van der Waals surface area contributed by atoms with Gasteiger partial charge in [-0.05, 0) is 37.8 Å². The molecular formula is C14H20N2O. The van der Waals surface area contributed by atoms with E-state index in [9.17, 15) is 4.79 Å². The summed E-state index contributed by atoms with van der Waals surface area (Å²) in [6.07, 6.45) is 3.07.